The molecule has 3 rings (SSSR count). The first-order valence-corrected chi connectivity index (χ1v) is 12.8. The van der Waals surface area contributed by atoms with Gasteiger partial charge < -0.3 is 14.6 Å². The first-order chi connectivity index (χ1) is 15.8. The third-order valence-corrected chi connectivity index (χ3v) is 8.94. The first kappa shape index (κ1) is 25.8. The Balaban J connectivity index is 1.88. The summed E-state index contributed by atoms with van der Waals surface area (Å²) in [4.78, 5) is 29.0. The lowest BCUT2D eigenvalue weighted by molar-refractivity contribution is -0.160. The lowest BCUT2D eigenvalue weighted by Crippen LogP contribution is -2.53. The van der Waals surface area contributed by atoms with E-state index < -0.39 is 16.8 Å². The second kappa shape index (κ2) is 10.6. The third kappa shape index (κ3) is 4.35. The molecule has 0 heterocycles. The van der Waals surface area contributed by atoms with E-state index in [-0.39, 0.29) is 35.6 Å². The van der Waals surface area contributed by atoms with Gasteiger partial charge in [0.25, 0.3) is 0 Å². The molecule has 0 spiro atoms. The van der Waals surface area contributed by atoms with Crippen LogP contribution >= 0.6 is 0 Å². The van der Waals surface area contributed by atoms with Crippen LogP contribution < -0.4 is 0 Å². The van der Waals surface area contributed by atoms with Gasteiger partial charge in [0.1, 0.15) is 11.7 Å². The van der Waals surface area contributed by atoms with E-state index in [1.807, 2.05) is 13.8 Å². The van der Waals surface area contributed by atoms with Gasteiger partial charge in [-0.15, -0.1) is 0 Å². The molecule has 0 aromatic heterocycles. The molecule has 2 bridgehead atoms. The monoisotopic (exact) mass is 459 g/mol. The molecule has 2 saturated carbocycles. The Morgan fingerprint density at radius 3 is 2.67 bits per heavy atom. The summed E-state index contributed by atoms with van der Waals surface area (Å²) in [5.41, 5.74) is 8.00. The number of hydrogen-bond acceptors (Lipinski definition) is 4. The predicted octanol–water partition coefficient (Wildman–Crippen LogP) is 6.19. The van der Waals surface area contributed by atoms with Crippen molar-refractivity contribution in [2.75, 3.05) is 13.2 Å². The molecule has 3 aliphatic carbocycles. The van der Waals surface area contributed by atoms with Gasteiger partial charge in [-0.1, -0.05) is 57.3 Å². The summed E-state index contributed by atoms with van der Waals surface area (Å²) in [5.74, 6) is -0.463. The molecule has 0 saturated heterocycles. The number of carboxylic acid groups (broad SMARTS) is 1. The van der Waals surface area contributed by atoms with Gasteiger partial charge in [0.2, 0.25) is 0 Å². The van der Waals surface area contributed by atoms with Gasteiger partial charge >= 0.3 is 5.97 Å². The summed E-state index contributed by atoms with van der Waals surface area (Å²) in [6.45, 7) is 9.84. The zero-order valence-corrected chi connectivity index (χ0v) is 20.7. The van der Waals surface area contributed by atoms with Crippen LogP contribution in [0.25, 0.3) is 10.4 Å². The van der Waals surface area contributed by atoms with Crippen LogP contribution in [0.15, 0.2) is 16.8 Å². The second-order valence-electron chi connectivity index (χ2n) is 10.9. The molecule has 0 aromatic rings. The second-order valence-corrected chi connectivity index (χ2v) is 10.9. The quantitative estimate of drug-likeness (QED) is 0.0883. The molecule has 3 aliphatic rings. The van der Waals surface area contributed by atoms with Crippen molar-refractivity contribution in [3.8, 4) is 0 Å². The number of ether oxygens (including phenoxy) is 1. The number of carbonyl (C=O) groups excluding carboxylic acids is 1. The standard InChI is InChI=1S/C26H41N3O4/c1-5-6-10-33-11-8-7-9-20-18(4)23(28-29-27)13-22(20)25(16-30)14-19-12-21(17(2)3)26(25,15-19)24(31)32/h12,16-20,22-23H,5-11,13-15H2,1-4H3,(H,31,32)/t18?,19?,20?,22?,23?,25-,26+/m0/s1. The van der Waals surface area contributed by atoms with E-state index in [2.05, 4.69) is 29.9 Å². The number of carboxylic acids is 1. The first-order valence-electron chi connectivity index (χ1n) is 12.8. The minimum Gasteiger partial charge on any atom is -0.481 e. The average Bonchev–Trinajstić information content (AvgIpc) is 3.43. The van der Waals surface area contributed by atoms with E-state index in [0.717, 1.165) is 57.2 Å². The minimum absolute atomic E-state index is 0.0798. The highest BCUT2D eigenvalue weighted by molar-refractivity contribution is 5.88. The van der Waals surface area contributed by atoms with E-state index in [0.29, 0.717) is 19.3 Å². The van der Waals surface area contributed by atoms with Crippen molar-refractivity contribution in [2.45, 2.75) is 85.1 Å². The number of carbonyl (C=O) groups is 2. The van der Waals surface area contributed by atoms with Gasteiger partial charge in [0.15, 0.2) is 0 Å². The molecule has 5 unspecified atom stereocenters. The molecule has 184 valence electrons. The topological polar surface area (TPSA) is 112 Å². The van der Waals surface area contributed by atoms with E-state index in [4.69, 9.17) is 10.3 Å². The molecule has 7 heteroatoms. The van der Waals surface area contributed by atoms with Crippen molar-refractivity contribution in [3.63, 3.8) is 0 Å². The van der Waals surface area contributed by atoms with Crippen molar-refractivity contribution >= 4 is 12.3 Å². The number of aldehydes is 1. The SMILES string of the molecule is CCCCOCCCCC1C(C)C(N=[N+]=[N-])CC1[C@@]1(C=O)CC2C=C(C(C)C)[C@@]1(C(=O)O)C2. The summed E-state index contributed by atoms with van der Waals surface area (Å²) >= 11 is 0. The lowest BCUT2D eigenvalue weighted by Gasteiger charge is -2.48. The third-order valence-electron chi connectivity index (χ3n) is 8.94. The fourth-order valence-corrected chi connectivity index (χ4v) is 7.47. The maximum absolute atomic E-state index is 13.0. The van der Waals surface area contributed by atoms with Gasteiger partial charge in [-0.25, -0.2) is 0 Å². The van der Waals surface area contributed by atoms with E-state index in [1.54, 1.807) is 0 Å². The Morgan fingerprint density at radius 2 is 2.06 bits per heavy atom. The van der Waals surface area contributed by atoms with Crippen LogP contribution in [0, 0.1) is 40.4 Å². The molecule has 2 fully saturated rings. The van der Waals surface area contributed by atoms with Gasteiger partial charge in [-0.05, 0) is 73.6 Å². The number of aliphatic carboxylic acids is 1. The number of azide groups is 1. The van der Waals surface area contributed by atoms with Crippen LogP contribution in [0.4, 0.5) is 0 Å². The minimum atomic E-state index is -1.13. The normalized spacial score (nSPS) is 37.2. The number of unbranched alkanes of at least 4 members (excludes halogenated alkanes) is 2. The van der Waals surface area contributed by atoms with Crippen LogP contribution in [0.2, 0.25) is 0 Å². The summed E-state index contributed by atoms with van der Waals surface area (Å²) in [6, 6.07) is -0.195. The summed E-state index contributed by atoms with van der Waals surface area (Å²) < 4.78 is 5.71. The highest BCUT2D eigenvalue weighted by Gasteiger charge is 2.71. The zero-order valence-electron chi connectivity index (χ0n) is 20.7. The Labute approximate surface area is 198 Å². The van der Waals surface area contributed by atoms with E-state index in [9.17, 15) is 14.7 Å². The smallest absolute Gasteiger partial charge is 0.314 e. The van der Waals surface area contributed by atoms with Crippen molar-refractivity contribution in [1.82, 2.24) is 0 Å². The van der Waals surface area contributed by atoms with Gasteiger partial charge in [0.05, 0.1) is 0 Å². The Bertz CT molecular complexity index is 805. The summed E-state index contributed by atoms with van der Waals surface area (Å²) in [7, 11) is 0. The van der Waals surface area contributed by atoms with Crippen molar-refractivity contribution in [3.05, 3.63) is 22.1 Å². The summed E-state index contributed by atoms with van der Waals surface area (Å²) in [6.07, 6.45) is 9.83. The fourth-order valence-electron chi connectivity index (χ4n) is 7.47. The molecule has 0 aliphatic heterocycles. The van der Waals surface area contributed by atoms with Gasteiger partial charge in [-0.3, -0.25) is 4.79 Å². The number of hydrogen-bond donors (Lipinski definition) is 1. The fraction of sp³-hybridized carbons (Fsp3) is 0.846. The molecule has 0 amide bonds. The van der Waals surface area contributed by atoms with E-state index >= 15 is 0 Å². The summed E-state index contributed by atoms with van der Waals surface area (Å²) in [5, 5.41) is 14.7. The highest BCUT2D eigenvalue weighted by Crippen LogP contribution is 2.70. The lowest BCUT2D eigenvalue weighted by atomic mass is 9.52. The maximum atomic E-state index is 13.0. The predicted molar refractivity (Wildman–Crippen MR) is 127 cm³/mol. The van der Waals surface area contributed by atoms with Crippen LogP contribution in [-0.4, -0.2) is 36.6 Å². The maximum Gasteiger partial charge on any atom is 0.314 e. The molecule has 33 heavy (non-hydrogen) atoms. The van der Waals surface area contributed by atoms with Crippen LogP contribution in [-0.2, 0) is 14.3 Å². The molecule has 7 nitrogen and oxygen atoms in total. The molecular formula is C26H41N3O4. The largest absolute Gasteiger partial charge is 0.481 e. The van der Waals surface area contributed by atoms with Gasteiger partial charge in [-0.2, -0.15) is 0 Å². The molecule has 0 aromatic carbocycles. The van der Waals surface area contributed by atoms with Crippen molar-refractivity contribution < 1.29 is 19.4 Å². The Kier molecular flexibility index (Phi) is 8.28. The van der Waals surface area contributed by atoms with Crippen LogP contribution in [0.1, 0.15) is 79.1 Å². The molecule has 1 N–H and O–H groups in total. The highest BCUT2D eigenvalue weighted by atomic mass is 16.5. The number of nitrogens with zero attached hydrogens (tertiary/aromatic N) is 3. The van der Waals surface area contributed by atoms with Crippen LogP contribution in [0.5, 0.6) is 0 Å². The van der Waals surface area contributed by atoms with E-state index in [1.165, 1.54) is 0 Å². The average molecular weight is 460 g/mol. The Morgan fingerprint density at radius 1 is 1.33 bits per heavy atom. The number of rotatable bonds is 13. The zero-order chi connectivity index (χ0) is 24.2. The number of allylic oxidation sites excluding steroid dienone is 1. The molecule has 0 radical (unpaired) electrons. The number of fused-ring (bicyclic) bond motifs is 2. The van der Waals surface area contributed by atoms with Crippen molar-refractivity contribution in [1.29, 1.82) is 0 Å². The van der Waals surface area contributed by atoms with Crippen molar-refractivity contribution in [2.24, 2.45) is 45.5 Å². The van der Waals surface area contributed by atoms with Crippen LogP contribution in [0.3, 0.4) is 0 Å². The Hall–Kier alpha value is -1.85. The molecule has 7 atom stereocenters. The van der Waals surface area contributed by atoms with Gasteiger partial charge in [0, 0.05) is 29.6 Å². The molecular weight excluding hydrogens is 418 g/mol.